The molecule has 3 heterocycles. The lowest BCUT2D eigenvalue weighted by Crippen LogP contribution is -2.32. The minimum atomic E-state index is 0.286. The van der Waals surface area contributed by atoms with Crippen LogP contribution in [0.3, 0.4) is 0 Å². The maximum atomic E-state index is 6.04. The fourth-order valence-corrected chi connectivity index (χ4v) is 2.52. The second-order valence-corrected chi connectivity index (χ2v) is 5.01. The van der Waals surface area contributed by atoms with Gasteiger partial charge in [0.25, 0.3) is 0 Å². The topological polar surface area (TPSA) is 73.1 Å². The highest BCUT2D eigenvalue weighted by molar-refractivity contribution is 5.93. The zero-order chi connectivity index (χ0) is 13.2. The Morgan fingerprint density at radius 1 is 1.42 bits per heavy atom. The Bertz CT molecular complexity index is 587. The van der Waals surface area contributed by atoms with E-state index in [1.54, 1.807) is 12.4 Å². The molecule has 2 atom stereocenters. The van der Waals surface area contributed by atoms with Crippen LogP contribution in [0, 0.1) is 0 Å². The minimum Gasteiger partial charge on any atom is -0.396 e. The molecule has 1 fully saturated rings. The molecule has 1 aliphatic rings. The lowest BCUT2D eigenvalue weighted by Gasteiger charge is -2.29. The van der Waals surface area contributed by atoms with Crippen molar-refractivity contribution >= 4 is 22.4 Å². The van der Waals surface area contributed by atoms with Gasteiger partial charge in [0.05, 0.1) is 29.2 Å². The van der Waals surface area contributed by atoms with Crippen LogP contribution in [0.25, 0.3) is 11.0 Å². The Balaban J connectivity index is 1.93. The summed E-state index contributed by atoms with van der Waals surface area (Å²) >= 11 is 0. The Kier molecular flexibility index (Phi) is 3.21. The number of nitrogens with one attached hydrogen (secondary N) is 1. The number of ether oxygens (including phenoxy) is 1. The molecule has 1 saturated heterocycles. The molecule has 3 N–H and O–H groups in total. The molecule has 0 amide bonds. The monoisotopic (exact) mass is 258 g/mol. The molecule has 0 aromatic carbocycles. The molecule has 19 heavy (non-hydrogen) atoms. The smallest absolute Gasteiger partial charge is 0.114 e. The van der Waals surface area contributed by atoms with Crippen LogP contribution in [0.1, 0.15) is 19.8 Å². The number of pyridine rings is 2. The van der Waals surface area contributed by atoms with E-state index in [2.05, 4.69) is 22.2 Å². The molecular formula is C14H18N4O. The summed E-state index contributed by atoms with van der Waals surface area (Å²) in [6.45, 7) is 2.88. The van der Waals surface area contributed by atoms with E-state index in [0.29, 0.717) is 11.7 Å². The molecule has 0 aliphatic carbocycles. The predicted molar refractivity (Wildman–Crippen MR) is 76.0 cm³/mol. The van der Waals surface area contributed by atoms with Gasteiger partial charge in [-0.25, -0.2) is 0 Å². The van der Waals surface area contributed by atoms with Crippen molar-refractivity contribution in [3.63, 3.8) is 0 Å². The van der Waals surface area contributed by atoms with Crippen LogP contribution in [-0.2, 0) is 4.74 Å². The van der Waals surface area contributed by atoms with Crippen molar-refractivity contribution in [1.29, 1.82) is 0 Å². The fraction of sp³-hybridized carbons (Fsp3) is 0.429. The van der Waals surface area contributed by atoms with Gasteiger partial charge in [-0.1, -0.05) is 0 Å². The Hall–Kier alpha value is -1.88. The lowest BCUT2D eigenvalue weighted by molar-refractivity contribution is 0.0232. The Morgan fingerprint density at radius 2 is 2.32 bits per heavy atom. The van der Waals surface area contributed by atoms with Crippen molar-refractivity contribution in [3.05, 3.63) is 24.5 Å². The first-order chi connectivity index (χ1) is 9.24. The largest absolute Gasteiger partial charge is 0.396 e. The highest BCUT2D eigenvalue weighted by Crippen LogP contribution is 2.28. The van der Waals surface area contributed by atoms with Crippen molar-refractivity contribution in [2.45, 2.75) is 31.9 Å². The molecular weight excluding hydrogens is 240 g/mol. The van der Waals surface area contributed by atoms with Crippen LogP contribution in [0.15, 0.2) is 24.5 Å². The molecule has 1 aliphatic heterocycles. The summed E-state index contributed by atoms with van der Waals surface area (Å²) in [5.41, 5.74) is 9.27. The quantitative estimate of drug-likeness (QED) is 0.863. The van der Waals surface area contributed by atoms with E-state index in [4.69, 9.17) is 10.5 Å². The van der Waals surface area contributed by atoms with Gasteiger partial charge in [-0.2, -0.15) is 0 Å². The normalized spacial score (nSPS) is 23.4. The zero-order valence-electron chi connectivity index (χ0n) is 11.0. The van der Waals surface area contributed by atoms with Gasteiger partial charge in [0.15, 0.2) is 0 Å². The number of hydrogen-bond donors (Lipinski definition) is 2. The van der Waals surface area contributed by atoms with Crippen molar-refractivity contribution in [3.8, 4) is 0 Å². The van der Waals surface area contributed by atoms with Crippen LogP contribution in [0.5, 0.6) is 0 Å². The summed E-state index contributed by atoms with van der Waals surface area (Å²) in [6, 6.07) is 4.20. The summed E-state index contributed by atoms with van der Waals surface area (Å²) in [7, 11) is 0. The molecule has 2 aromatic heterocycles. The number of hydrogen-bond acceptors (Lipinski definition) is 5. The van der Waals surface area contributed by atoms with Gasteiger partial charge >= 0.3 is 0 Å². The van der Waals surface area contributed by atoms with E-state index >= 15 is 0 Å². The second-order valence-electron chi connectivity index (χ2n) is 5.01. The van der Waals surface area contributed by atoms with Crippen LogP contribution >= 0.6 is 0 Å². The molecule has 3 rings (SSSR count). The summed E-state index contributed by atoms with van der Waals surface area (Å²) < 4.78 is 5.56. The summed E-state index contributed by atoms with van der Waals surface area (Å²) in [5.74, 6) is 0. The first-order valence-corrected chi connectivity index (χ1v) is 6.61. The van der Waals surface area contributed by atoms with Crippen molar-refractivity contribution in [2.75, 3.05) is 17.7 Å². The van der Waals surface area contributed by atoms with E-state index in [1.165, 1.54) is 0 Å². The number of nitrogens with zero attached hydrogens (tertiary/aromatic N) is 2. The molecule has 5 heteroatoms. The SMILES string of the molecule is C[C@H]1C[C@@H](Nc2c(N)cnc3cccnc23)CCO1. The van der Waals surface area contributed by atoms with E-state index in [-0.39, 0.29) is 6.10 Å². The lowest BCUT2D eigenvalue weighted by atomic mass is 10.0. The number of anilines is 2. The fourth-order valence-electron chi connectivity index (χ4n) is 2.52. The van der Waals surface area contributed by atoms with E-state index in [9.17, 15) is 0 Å². The van der Waals surface area contributed by atoms with Gasteiger partial charge < -0.3 is 15.8 Å². The van der Waals surface area contributed by atoms with Gasteiger partial charge in [0, 0.05) is 18.8 Å². The molecule has 0 bridgehead atoms. The highest BCUT2D eigenvalue weighted by Gasteiger charge is 2.20. The van der Waals surface area contributed by atoms with Crippen molar-refractivity contribution in [2.24, 2.45) is 0 Å². The Morgan fingerprint density at radius 3 is 3.16 bits per heavy atom. The van der Waals surface area contributed by atoms with Gasteiger partial charge in [-0.3, -0.25) is 9.97 Å². The molecule has 0 saturated carbocycles. The van der Waals surface area contributed by atoms with Crippen LogP contribution in [-0.4, -0.2) is 28.7 Å². The van der Waals surface area contributed by atoms with Crippen LogP contribution in [0.4, 0.5) is 11.4 Å². The number of nitrogens with two attached hydrogens (primary N) is 1. The van der Waals surface area contributed by atoms with E-state index in [0.717, 1.165) is 36.2 Å². The highest BCUT2D eigenvalue weighted by atomic mass is 16.5. The average Bonchev–Trinajstić information content (AvgIpc) is 2.42. The third-order valence-corrected chi connectivity index (χ3v) is 3.49. The number of fused-ring (bicyclic) bond motifs is 1. The van der Waals surface area contributed by atoms with Crippen LogP contribution < -0.4 is 11.1 Å². The predicted octanol–water partition coefficient (Wildman–Crippen LogP) is 2.19. The van der Waals surface area contributed by atoms with E-state index < -0.39 is 0 Å². The standard InChI is InChI=1S/C14H18N4O/c1-9-7-10(4-6-19-9)18-13-11(15)8-17-12-3-2-5-16-14(12)13/h2-3,5,8-10H,4,6-7,15H2,1H3,(H,17,18)/t9-,10-/m0/s1. The maximum absolute atomic E-state index is 6.04. The van der Waals surface area contributed by atoms with Gasteiger partial charge in [-0.15, -0.1) is 0 Å². The summed E-state index contributed by atoms with van der Waals surface area (Å²) in [4.78, 5) is 8.69. The molecule has 0 unspecified atom stereocenters. The van der Waals surface area contributed by atoms with E-state index in [1.807, 2.05) is 12.1 Å². The average molecular weight is 258 g/mol. The first kappa shape index (κ1) is 12.2. The van der Waals surface area contributed by atoms with Crippen molar-refractivity contribution in [1.82, 2.24) is 9.97 Å². The number of nitrogen functional groups attached to an aromatic ring is 1. The molecule has 100 valence electrons. The number of aromatic nitrogens is 2. The molecule has 0 spiro atoms. The molecule has 2 aromatic rings. The maximum Gasteiger partial charge on any atom is 0.114 e. The minimum absolute atomic E-state index is 0.286. The third-order valence-electron chi connectivity index (χ3n) is 3.49. The van der Waals surface area contributed by atoms with Crippen LogP contribution in [0.2, 0.25) is 0 Å². The number of rotatable bonds is 2. The third kappa shape index (κ3) is 2.46. The first-order valence-electron chi connectivity index (χ1n) is 6.61. The second kappa shape index (κ2) is 5.01. The summed E-state index contributed by atoms with van der Waals surface area (Å²) in [6.07, 6.45) is 5.71. The molecule has 0 radical (unpaired) electrons. The summed E-state index contributed by atoms with van der Waals surface area (Å²) in [5, 5.41) is 3.52. The Labute approximate surface area is 112 Å². The van der Waals surface area contributed by atoms with Gasteiger partial charge in [0.2, 0.25) is 0 Å². The molecule has 5 nitrogen and oxygen atoms in total. The zero-order valence-corrected chi connectivity index (χ0v) is 11.0. The van der Waals surface area contributed by atoms with Gasteiger partial charge in [0.1, 0.15) is 5.52 Å². The van der Waals surface area contributed by atoms with Crippen molar-refractivity contribution < 1.29 is 4.74 Å². The van der Waals surface area contributed by atoms with Gasteiger partial charge in [-0.05, 0) is 31.9 Å².